The maximum Gasteiger partial charge on any atom is 0.341 e. The number of esters is 1. The van der Waals surface area contributed by atoms with E-state index in [0.29, 0.717) is 17.9 Å². The molecule has 0 aromatic heterocycles. The largest absolute Gasteiger partial charge is 0.496 e. The number of benzene rings is 3. The summed E-state index contributed by atoms with van der Waals surface area (Å²) in [4.78, 5) is 11.9. The molecule has 3 aromatic carbocycles. The number of methoxy groups -OCH3 is 2. The fraction of sp³-hybridized carbons (Fsp3) is 0.174. The van der Waals surface area contributed by atoms with Crippen LogP contribution in [0.4, 0.5) is 5.69 Å². The molecule has 150 valence electrons. The van der Waals surface area contributed by atoms with E-state index in [0.717, 1.165) is 22.6 Å². The van der Waals surface area contributed by atoms with Crippen molar-refractivity contribution in [1.82, 2.24) is 5.43 Å². The van der Waals surface area contributed by atoms with E-state index in [9.17, 15) is 4.79 Å². The molecule has 0 bridgehead atoms. The lowest BCUT2D eigenvalue weighted by atomic mass is 10.1. The van der Waals surface area contributed by atoms with Gasteiger partial charge in [-0.3, -0.25) is 0 Å². The molecule has 3 aromatic rings. The first-order chi connectivity index (χ1) is 14.2. The second-order valence-electron chi connectivity index (χ2n) is 6.27. The Balaban J connectivity index is 1.67. The second-order valence-corrected chi connectivity index (χ2v) is 6.27. The fourth-order valence-electron chi connectivity index (χ4n) is 2.85. The van der Waals surface area contributed by atoms with Crippen molar-refractivity contribution >= 4 is 11.7 Å². The molecular weight excluding hydrogens is 368 g/mol. The number of rotatable bonds is 9. The number of nitrogens with one attached hydrogen (secondary N) is 2. The number of anilines is 1. The van der Waals surface area contributed by atoms with E-state index in [1.54, 1.807) is 25.3 Å². The molecule has 0 saturated heterocycles. The molecule has 29 heavy (non-hydrogen) atoms. The number of carbonyl (C=O) groups is 1. The zero-order chi connectivity index (χ0) is 20.5. The van der Waals surface area contributed by atoms with Crippen LogP contribution in [0.15, 0.2) is 72.8 Å². The van der Waals surface area contributed by atoms with Gasteiger partial charge in [-0.05, 0) is 42.0 Å². The van der Waals surface area contributed by atoms with E-state index in [1.165, 1.54) is 7.11 Å². The maximum absolute atomic E-state index is 11.9. The van der Waals surface area contributed by atoms with Crippen LogP contribution < -0.4 is 20.3 Å². The highest BCUT2D eigenvalue weighted by Gasteiger charge is 2.13. The molecule has 6 nitrogen and oxygen atoms in total. The van der Waals surface area contributed by atoms with Gasteiger partial charge in [0.05, 0.1) is 14.2 Å². The van der Waals surface area contributed by atoms with Gasteiger partial charge in [0, 0.05) is 17.8 Å². The fourth-order valence-corrected chi connectivity index (χ4v) is 2.85. The van der Waals surface area contributed by atoms with Gasteiger partial charge in [-0.25, -0.2) is 10.2 Å². The van der Waals surface area contributed by atoms with Crippen molar-refractivity contribution in [2.24, 2.45) is 0 Å². The van der Waals surface area contributed by atoms with Gasteiger partial charge in [-0.15, -0.1) is 0 Å². The van der Waals surface area contributed by atoms with Gasteiger partial charge < -0.3 is 19.6 Å². The lowest BCUT2D eigenvalue weighted by Crippen LogP contribution is -2.20. The molecule has 0 aliphatic rings. The minimum Gasteiger partial charge on any atom is -0.496 e. The van der Waals surface area contributed by atoms with Crippen LogP contribution in [-0.4, -0.2) is 20.2 Å². The second kappa shape index (κ2) is 10.1. The van der Waals surface area contributed by atoms with Crippen molar-refractivity contribution in [3.63, 3.8) is 0 Å². The number of hydrogen-bond acceptors (Lipinski definition) is 6. The van der Waals surface area contributed by atoms with E-state index in [2.05, 4.69) is 10.9 Å². The van der Waals surface area contributed by atoms with Gasteiger partial charge in [-0.2, -0.15) is 0 Å². The molecule has 0 unspecified atom stereocenters. The average Bonchev–Trinajstić information content (AvgIpc) is 2.78. The van der Waals surface area contributed by atoms with Crippen LogP contribution >= 0.6 is 0 Å². The van der Waals surface area contributed by atoms with Crippen molar-refractivity contribution < 1.29 is 19.0 Å². The predicted octanol–water partition coefficient (Wildman–Crippen LogP) is 4.18. The molecule has 0 amide bonds. The van der Waals surface area contributed by atoms with E-state index in [4.69, 9.17) is 14.2 Å². The molecule has 0 saturated carbocycles. The van der Waals surface area contributed by atoms with Crippen LogP contribution in [0.1, 0.15) is 21.5 Å². The highest BCUT2D eigenvalue weighted by atomic mass is 16.5. The third-order valence-electron chi connectivity index (χ3n) is 4.32. The smallest absolute Gasteiger partial charge is 0.341 e. The van der Waals surface area contributed by atoms with E-state index >= 15 is 0 Å². The summed E-state index contributed by atoms with van der Waals surface area (Å²) in [5, 5.41) is 0. The lowest BCUT2D eigenvalue weighted by Gasteiger charge is -2.14. The summed E-state index contributed by atoms with van der Waals surface area (Å²) in [5.41, 5.74) is 9.68. The van der Waals surface area contributed by atoms with Gasteiger partial charge >= 0.3 is 5.97 Å². The van der Waals surface area contributed by atoms with Crippen molar-refractivity contribution in [2.45, 2.75) is 13.2 Å². The van der Waals surface area contributed by atoms with Crippen molar-refractivity contribution in [2.75, 3.05) is 19.6 Å². The van der Waals surface area contributed by atoms with Crippen LogP contribution in [0.5, 0.6) is 11.5 Å². The van der Waals surface area contributed by atoms with Gasteiger partial charge in [0.25, 0.3) is 0 Å². The lowest BCUT2D eigenvalue weighted by molar-refractivity contribution is 0.0595. The Morgan fingerprint density at radius 1 is 0.897 bits per heavy atom. The van der Waals surface area contributed by atoms with Crippen molar-refractivity contribution in [1.29, 1.82) is 0 Å². The third kappa shape index (κ3) is 5.49. The Labute approximate surface area is 170 Å². The third-order valence-corrected chi connectivity index (χ3v) is 4.32. The number of para-hydroxylation sites is 2. The molecule has 0 spiro atoms. The standard InChI is InChI=1S/C23H24N2O4/c1-27-21-13-12-17(15-24-25-19-8-4-3-5-9-19)14-18(21)16-29-22-11-7-6-10-20(22)23(26)28-2/h3-14,24-25H,15-16H2,1-2H3. The Kier molecular flexibility index (Phi) is 7.08. The summed E-state index contributed by atoms with van der Waals surface area (Å²) in [7, 11) is 2.97. The minimum atomic E-state index is -0.433. The minimum absolute atomic E-state index is 0.261. The van der Waals surface area contributed by atoms with Gasteiger partial charge in [0.15, 0.2) is 0 Å². The number of hydrazine groups is 1. The normalized spacial score (nSPS) is 10.3. The summed E-state index contributed by atoms with van der Waals surface area (Å²) in [6, 6.07) is 22.8. The van der Waals surface area contributed by atoms with Crippen LogP contribution in [0.3, 0.4) is 0 Å². The Morgan fingerprint density at radius 2 is 1.66 bits per heavy atom. The van der Waals surface area contributed by atoms with Crippen molar-refractivity contribution in [3.05, 3.63) is 89.5 Å². The molecule has 0 aliphatic heterocycles. The van der Waals surface area contributed by atoms with Crippen molar-refractivity contribution in [3.8, 4) is 11.5 Å². The quantitative estimate of drug-likeness (QED) is 0.421. The molecule has 6 heteroatoms. The average molecular weight is 392 g/mol. The monoisotopic (exact) mass is 392 g/mol. The molecule has 0 radical (unpaired) electrons. The molecular formula is C23H24N2O4. The van der Waals surface area contributed by atoms with Crippen LogP contribution in [0.25, 0.3) is 0 Å². The first-order valence-electron chi connectivity index (χ1n) is 9.21. The van der Waals surface area contributed by atoms with E-state index in [1.807, 2.05) is 54.6 Å². The predicted molar refractivity (Wildman–Crippen MR) is 112 cm³/mol. The Bertz CT molecular complexity index is 945. The van der Waals surface area contributed by atoms with Gasteiger partial charge in [0.1, 0.15) is 23.7 Å². The molecule has 0 heterocycles. The summed E-state index contributed by atoms with van der Waals surface area (Å²) in [5.74, 6) is 0.758. The maximum atomic E-state index is 11.9. The first-order valence-corrected chi connectivity index (χ1v) is 9.21. The van der Waals surface area contributed by atoms with Gasteiger partial charge in [0.2, 0.25) is 0 Å². The highest BCUT2D eigenvalue weighted by molar-refractivity contribution is 5.92. The van der Waals surface area contributed by atoms with Gasteiger partial charge in [-0.1, -0.05) is 36.4 Å². The number of hydrogen-bond donors (Lipinski definition) is 2. The molecule has 0 fully saturated rings. The summed E-state index contributed by atoms with van der Waals surface area (Å²) >= 11 is 0. The zero-order valence-electron chi connectivity index (χ0n) is 16.5. The molecule has 0 aliphatic carbocycles. The van der Waals surface area contributed by atoms with Crippen LogP contribution in [0, 0.1) is 0 Å². The number of ether oxygens (including phenoxy) is 3. The Morgan fingerprint density at radius 3 is 2.41 bits per heavy atom. The molecule has 3 rings (SSSR count). The summed E-state index contributed by atoms with van der Waals surface area (Å²) in [6.45, 7) is 0.877. The number of carbonyl (C=O) groups excluding carboxylic acids is 1. The Hall–Kier alpha value is -3.51. The summed E-state index contributed by atoms with van der Waals surface area (Å²) in [6.07, 6.45) is 0. The highest BCUT2D eigenvalue weighted by Crippen LogP contribution is 2.24. The first kappa shape index (κ1) is 20.2. The molecule has 0 atom stereocenters. The van der Waals surface area contributed by atoms with Crippen LogP contribution in [-0.2, 0) is 17.9 Å². The summed E-state index contributed by atoms with van der Waals surface area (Å²) < 4.78 is 16.2. The van der Waals surface area contributed by atoms with E-state index in [-0.39, 0.29) is 6.61 Å². The zero-order valence-corrected chi connectivity index (χ0v) is 16.5. The molecule has 2 N–H and O–H groups in total. The van der Waals surface area contributed by atoms with Crippen LogP contribution in [0.2, 0.25) is 0 Å². The SMILES string of the molecule is COC(=O)c1ccccc1OCc1cc(CNNc2ccccc2)ccc1OC. The topological polar surface area (TPSA) is 68.8 Å². The van der Waals surface area contributed by atoms with E-state index < -0.39 is 5.97 Å².